The lowest BCUT2D eigenvalue weighted by Gasteiger charge is -2.14. The summed E-state index contributed by atoms with van der Waals surface area (Å²) in [6.45, 7) is -0.519. The van der Waals surface area contributed by atoms with Crippen molar-refractivity contribution in [3.63, 3.8) is 0 Å². The second-order valence-electron chi connectivity index (χ2n) is 7.18. The maximum atomic E-state index is 12.9. The second kappa shape index (κ2) is 8.94. The molecule has 0 bridgehead atoms. The van der Waals surface area contributed by atoms with Gasteiger partial charge in [0.15, 0.2) is 12.4 Å². The van der Waals surface area contributed by atoms with Crippen molar-refractivity contribution in [1.82, 2.24) is 0 Å². The minimum Gasteiger partial charge on any atom is -0.497 e. The topological polar surface area (TPSA) is 133 Å². The van der Waals surface area contributed by atoms with Gasteiger partial charge in [-0.1, -0.05) is 12.1 Å². The Labute approximate surface area is 192 Å². The van der Waals surface area contributed by atoms with E-state index < -0.39 is 40.8 Å². The monoisotopic (exact) mass is 460 g/mol. The van der Waals surface area contributed by atoms with Crippen LogP contribution in [-0.4, -0.2) is 42.2 Å². The molecule has 0 atom stereocenters. The zero-order valence-corrected chi connectivity index (χ0v) is 17.7. The van der Waals surface area contributed by atoms with Gasteiger partial charge in [-0.05, 0) is 48.5 Å². The van der Waals surface area contributed by atoms with Crippen molar-refractivity contribution in [2.45, 2.75) is 0 Å². The summed E-state index contributed by atoms with van der Waals surface area (Å²) in [5.41, 5.74) is -0.531. The highest BCUT2D eigenvalue weighted by Crippen LogP contribution is 2.34. The van der Waals surface area contributed by atoms with Gasteiger partial charge in [0.2, 0.25) is 0 Å². The maximum Gasteiger partial charge on any atom is 0.338 e. The molecule has 1 aliphatic heterocycles. The van der Waals surface area contributed by atoms with Crippen LogP contribution in [0, 0.1) is 10.1 Å². The predicted molar refractivity (Wildman–Crippen MR) is 118 cm³/mol. The molecule has 0 N–H and O–H groups in total. The molecule has 0 spiro atoms. The summed E-state index contributed by atoms with van der Waals surface area (Å²) in [5, 5.41) is 11.3. The van der Waals surface area contributed by atoms with Gasteiger partial charge >= 0.3 is 5.97 Å². The number of Topliss-reactive ketones (excluding diaryl/α,β-unsaturated/α-hetero) is 1. The van der Waals surface area contributed by atoms with Crippen LogP contribution in [0.3, 0.4) is 0 Å². The molecule has 0 fully saturated rings. The number of ether oxygens (including phenoxy) is 2. The van der Waals surface area contributed by atoms with Crippen LogP contribution in [0.15, 0.2) is 66.7 Å². The van der Waals surface area contributed by atoms with Gasteiger partial charge in [0, 0.05) is 11.6 Å². The molecule has 3 aromatic rings. The van der Waals surface area contributed by atoms with E-state index in [1.807, 2.05) is 0 Å². The summed E-state index contributed by atoms with van der Waals surface area (Å²) in [4.78, 5) is 61.8. The van der Waals surface area contributed by atoms with Gasteiger partial charge in [0.05, 0.1) is 28.8 Å². The Kier molecular flexibility index (Phi) is 5.88. The Morgan fingerprint density at radius 1 is 0.941 bits per heavy atom. The molecule has 2 amide bonds. The molecule has 0 aromatic heterocycles. The van der Waals surface area contributed by atoms with Gasteiger partial charge in [0.1, 0.15) is 11.3 Å². The van der Waals surface area contributed by atoms with E-state index in [0.29, 0.717) is 11.3 Å². The van der Waals surface area contributed by atoms with Crippen LogP contribution in [0.4, 0.5) is 11.4 Å². The molecule has 10 nitrogen and oxygen atoms in total. The third-order valence-electron chi connectivity index (χ3n) is 5.18. The van der Waals surface area contributed by atoms with Crippen LogP contribution in [0.2, 0.25) is 0 Å². The highest BCUT2D eigenvalue weighted by Gasteiger charge is 2.41. The molecular weight excluding hydrogens is 444 g/mol. The largest absolute Gasteiger partial charge is 0.497 e. The Balaban J connectivity index is 1.51. The third-order valence-corrected chi connectivity index (χ3v) is 5.18. The fraction of sp³-hybridized carbons (Fsp3) is 0.0833. The van der Waals surface area contributed by atoms with E-state index in [4.69, 9.17) is 9.47 Å². The van der Waals surface area contributed by atoms with Crippen LogP contribution < -0.4 is 9.64 Å². The number of ketones is 1. The number of nitro benzene ring substituents is 1. The van der Waals surface area contributed by atoms with Gasteiger partial charge in [-0.15, -0.1) is 0 Å². The average molecular weight is 460 g/mol. The van der Waals surface area contributed by atoms with Crippen LogP contribution in [0.1, 0.15) is 41.4 Å². The number of esters is 1. The number of carbonyl (C=O) groups excluding carboxylic acids is 4. The van der Waals surface area contributed by atoms with E-state index in [9.17, 15) is 29.3 Å². The van der Waals surface area contributed by atoms with Crippen LogP contribution in [-0.2, 0) is 4.74 Å². The molecule has 1 heterocycles. The van der Waals surface area contributed by atoms with Crippen molar-refractivity contribution in [2.24, 2.45) is 0 Å². The van der Waals surface area contributed by atoms with Gasteiger partial charge < -0.3 is 9.47 Å². The molecule has 1 aliphatic rings. The van der Waals surface area contributed by atoms with Gasteiger partial charge in [-0.2, -0.15) is 0 Å². The van der Waals surface area contributed by atoms with Crippen LogP contribution in [0.5, 0.6) is 5.75 Å². The molecule has 0 radical (unpaired) electrons. The van der Waals surface area contributed by atoms with Crippen molar-refractivity contribution < 1.29 is 33.6 Å². The van der Waals surface area contributed by atoms with Crippen molar-refractivity contribution in [2.75, 3.05) is 18.6 Å². The lowest BCUT2D eigenvalue weighted by molar-refractivity contribution is -0.385. The summed E-state index contributed by atoms with van der Waals surface area (Å²) in [7, 11) is 1.50. The number of rotatable bonds is 7. The lowest BCUT2D eigenvalue weighted by Crippen LogP contribution is -2.29. The number of hydrogen-bond acceptors (Lipinski definition) is 8. The van der Waals surface area contributed by atoms with Crippen molar-refractivity contribution in [1.29, 1.82) is 0 Å². The number of methoxy groups -OCH3 is 1. The van der Waals surface area contributed by atoms with E-state index >= 15 is 0 Å². The zero-order chi connectivity index (χ0) is 24.4. The first-order valence-electron chi connectivity index (χ1n) is 9.92. The molecule has 34 heavy (non-hydrogen) atoms. The Bertz CT molecular complexity index is 1350. The molecule has 3 aromatic carbocycles. The summed E-state index contributed by atoms with van der Waals surface area (Å²) in [6, 6.07) is 15.5. The molecule has 0 aliphatic carbocycles. The van der Waals surface area contributed by atoms with E-state index in [-0.39, 0.29) is 22.4 Å². The molecule has 170 valence electrons. The summed E-state index contributed by atoms with van der Waals surface area (Å²) in [6.07, 6.45) is 0. The highest BCUT2D eigenvalue weighted by molar-refractivity contribution is 6.35. The number of carbonyl (C=O) groups is 4. The first-order chi connectivity index (χ1) is 16.3. The smallest absolute Gasteiger partial charge is 0.338 e. The predicted octanol–water partition coefficient (Wildman–Crippen LogP) is 3.44. The fourth-order valence-corrected chi connectivity index (χ4v) is 3.50. The number of imide groups is 1. The molecule has 4 rings (SSSR count). The van der Waals surface area contributed by atoms with E-state index in [0.717, 1.165) is 11.0 Å². The normalized spacial score (nSPS) is 12.3. The number of amides is 2. The number of fused-ring (bicyclic) bond motifs is 1. The summed E-state index contributed by atoms with van der Waals surface area (Å²) < 4.78 is 10.1. The Hall–Kier alpha value is -4.86. The number of nitrogens with zero attached hydrogens (tertiary/aromatic N) is 2. The fourth-order valence-electron chi connectivity index (χ4n) is 3.50. The molecular formula is C24H16N2O8. The summed E-state index contributed by atoms with van der Waals surface area (Å²) in [5.74, 6) is -2.31. The van der Waals surface area contributed by atoms with Gasteiger partial charge in [0.25, 0.3) is 17.5 Å². The zero-order valence-electron chi connectivity index (χ0n) is 17.7. The van der Waals surface area contributed by atoms with E-state index in [1.54, 1.807) is 12.1 Å². The van der Waals surface area contributed by atoms with Crippen molar-refractivity contribution in [3.8, 4) is 5.75 Å². The number of benzene rings is 3. The van der Waals surface area contributed by atoms with Gasteiger partial charge in [-0.25, -0.2) is 9.69 Å². The maximum absolute atomic E-state index is 12.9. The Morgan fingerprint density at radius 3 is 2.32 bits per heavy atom. The SMILES string of the molecule is COc1ccc(C(=O)COC(=O)c2cccc(N3C(=O)c4cccc([N+](=O)[O-])c4C3=O)c2)cc1. The third kappa shape index (κ3) is 3.99. The van der Waals surface area contributed by atoms with E-state index in [2.05, 4.69) is 0 Å². The first kappa shape index (κ1) is 22.3. The van der Waals surface area contributed by atoms with Crippen molar-refractivity contribution >= 4 is 34.9 Å². The molecule has 0 unspecified atom stereocenters. The lowest BCUT2D eigenvalue weighted by atomic mass is 10.1. The number of hydrogen-bond donors (Lipinski definition) is 0. The Morgan fingerprint density at radius 2 is 1.65 bits per heavy atom. The quantitative estimate of drug-likeness (QED) is 0.172. The average Bonchev–Trinajstić information content (AvgIpc) is 3.12. The number of nitro groups is 1. The first-order valence-corrected chi connectivity index (χ1v) is 9.92. The standard InChI is InChI=1S/C24H16N2O8/c1-33-17-10-8-14(9-11-17)20(27)13-34-24(30)15-4-2-5-16(12-15)25-22(28)18-6-3-7-19(26(31)32)21(18)23(25)29/h2-12H,13H2,1H3. The van der Waals surface area contributed by atoms with E-state index in [1.165, 1.54) is 55.6 Å². The minimum absolute atomic E-state index is 0.00825. The molecule has 10 heteroatoms. The molecule has 0 saturated carbocycles. The van der Waals surface area contributed by atoms with Crippen LogP contribution >= 0.6 is 0 Å². The highest BCUT2D eigenvalue weighted by atomic mass is 16.6. The second-order valence-corrected chi connectivity index (χ2v) is 7.18. The van der Waals surface area contributed by atoms with Gasteiger partial charge in [-0.3, -0.25) is 24.5 Å². The molecule has 0 saturated heterocycles. The van der Waals surface area contributed by atoms with Crippen LogP contribution in [0.25, 0.3) is 0 Å². The summed E-state index contributed by atoms with van der Waals surface area (Å²) >= 11 is 0. The minimum atomic E-state index is -0.868. The number of anilines is 1. The van der Waals surface area contributed by atoms with Crippen molar-refractivity contribution in [3.05, 3.63) is 99.1 Å².